The second-order valence-corrected chi connectivity index (χ2v) is 13.7. The fourth-order valence-electron chi connectivity index (χ4n) is 1.62. The summed E-state index contributed by atoms with van der Waals surface area (Å²) in [7, 11) is -0.483. The molecule has 2 unspecified atom stereocenters. The average Bonchev–Trinajstić information content (AvgIpc) is 2.34. The number of hydrogen-bond donors (Lipinski definition) is 0. The molecule has 0 aromatic heterocycles. The Labute approximate surface area is 135 Å². The predicted molar refractivity (Wildman–Crippen MR) is 95.0 cm³/mol. The standard InChI is InChI=1S/C10H24I2O3Si2/c1-13-16(3,9-5-7-11)15-17(4,14-2)10-6-8-12/h5-10H2,1-4H3. The van der Waals surface area contributed by atoms with Crippen molar-refractivity contribution in [1.29, 1.82) is 0 Å². The van der Waals surface area contributed by atoms with Gasteiger partial charge in [0.2, 0.25) is 0 Å². The molecule has 0 radical (unpaired) electrons. The van der Waals surface area contributed by atoms with E-state index in [0.717, 1.165) is 33.8 Å². The minimum Gasteiger partial charge on any atom is -0.415 e. The summed E-state index contributed by atoms with van der Waals surface area (Å²) in [6, 6.07) is 2.12. The van der Waals surface area contributed by atoms with Crippen LogP contribution in [0.5, 0.6) is 0 Å². The first-order valence-electron chi connectivity index (χ1n) is 5.87. The first kappa shape index (κ1) is 18.8. The van der Waals surface area contributed by atoms with Crippen molar-refractivity contribution in [3.8, 4) is 0 Å². The molecular formula is C10H24I2O3Si2. The summed E-state index contributed by atoms with van der Waals surface area (Å²) in [4.78, 5) is 0. The Hall–Kier alpha value is 1.77. The van der Waals surface area contributed by atoms with E-state index in [1.807, 2.05) is 0 Å². The zero-order valence-corrected chi connectivity index (χ0v) is 17.5. The van der Waals surface area contributed by atoms with E-state index >= 15 is 0 Å². The van der Waals surface area contributed by atoms with E-state index in [0.29, 0.717) is 0 Å². The van der Waals surface area contributed by atoms with Crippen molar-refractivity contribution >= 4 is 62.3 Å². The molecule has 0 spiro atoms. The first-order valence-corrected chi connectivity index (χ1v) is 14.0. The quantitative estimate of drug-likeness (QED) is 0.256. The molecule has 0 aliphatic rings. The van der Waals surface area contributed by atoms with Crippen LogP contribution in [-0.2, 0) is 13.0 Å². The highest BCUT2D eigenvalue weighted by atomic mass is 127. The lowest BCUT2D eigenvalue weighted by Gasteiger charge is -2.35. The third-order valence-electron chi connectivity index (χ3n) is 2.82. The van der Waals surface area contributed by atoms with Gasteiger partial charge in [0.05, 0.1) is 0 Å². The van der Waals surface area contributed by atoms with Crippen LogP contribution in [0.3, 0.4) is 0 Å². The Kier molecular flexibility index (Phi) is 10.6. The molecule has 0 saturated carbocycles. The molecule has 2 atom stereocenters. The largest absolute Gasteiger partial charge is 0.415 e. The lowest BCUT2D eigenvalue weighted by molar-refractivity contribution is 0.240. The highest BCUT2D eigenvalue weighted by Gasteiger charge is 2.41. The van der Waals surface area contributed by atoms with Crippen LogP contribution in [0.2, 0.25) is 25.2 Å². The lowest BCUT2D eigenvalue weighted by Crippen LogP contribution is -2.51. The minimum absolute atomic E-state index is 1.06. The average molecular weight is 502 g/mol. The van der Waals surface area contributed by atoms with Crippen LogP contribution in [0.4, 0.5) is 0 Å². The molecule has 104 valence electrons. The van der Waals surface area contributed by atoms with E-state index in [9.17, 15) is 0 Å². The van der Waals surface area contributed by atoms with Gasteiger partial charge in [-0.3, -0.25) is 0 Å². The topological polar surface area (TPSA) is 27.7 Å². The Morgan fingerprint density at radius 3 is 1.41 bits per heavy atom. The van der Waals surface area contributed by atoms with E-state index in [-0.39, 0.29) is 0 Å². The molecule has 0 saturated heterocycles. The van der Waals surface area contributed by atoms with Gasteiger partial charge in [0, 0.05) is 14.2 Å². The van der Waals surface area contributed by atoms with Crippen molar-refractivity contribution in [2.45, 2.75) is 38.0 Å². The lowest BCUT2D eigenvalue weighted by atomic mass is 10.6. The second-order valence-electron chi connectivity index (χ2n) is 4.36. The Balaban J connectivity index is 4.47. The maximum atomic E-state index is 6.35. The van der Waals surface area contributed by atoms with E-state index in [1.165, 1.54) is 0 Å². The molecule has 0 aromatic rings. The summed E-state index contributed by atoms with van der Waals surface area (Å²) >= 11 is 4.81. The van der Waals surface area contributed by atoms with Crippen LogP contribution >= 0.6 is 45.2 Å². The Morgan fingerprint density at radius 2 is 1.18 bits per heavy atom. The molecule has 0 bridgehead atoms. The monoisotopic (exact) mass is 502 g/mol. The Morgan fingerprint density at radius 1 is 0.824 bits per heavy atom. The zero-order chi connectivity index (χ0) is 13.4. The SMILES string of the molecule is CO[Si](C)(CCCI)O[Si](C)(CCCI)OC. The van der Waals surface area contributed by atoms with Gasteiger partial charge in [-0.1, -0.05) is 45.2 Å². The molecular weight excluding hydrogens is 478 g/mol. The van der Waals surface area contributed by atoms with Crippen molar-refractivity contribution in [2.24, 2.45) is 0 Å². The van der Waals surface area contributed by atoms with Gasteiger partial charge in [-0.2, -0.15) is 0 Å². The summed E-state index contributed by atoms with van der Waals surface area (Å²) in [5.41, 5.74) is 0. The van der Waals surface area contributed by atoms with Gasteiger partial charge in [0.1, 0.15) is 0 Å². The summed E-state index contributed by atoms with van der Waals surface area (Å²) in [5, 5.41) is 0. The number of rotatable bonds is 10. The smallest absolute Gasteiger partial charge is 0.325 e. The molecule has 0 rings (SSSR count). The van der Waals surface area contributed by atoms with Gasteiger partial charge >= 0.3 is 17.1 Å². The van der Waals surface area contributed by atoms with Crippen molar-refractivity contribution in [1.82, 2.24) is 0 Å². The van der Waals surface area contributed by atoms with Crippen molar-refractivity contribution in [3.63, 3.8) is 0 Å². The molecule has 7 heteroatoms. The van der Waals surface area contributed by atoms with Gasteiger partial charge in [0.15, 0.2) is 0 Å². The first-order chi connectivity index (χ1) is 7.95. The third kappa shape index (κ3) is 7.82. The van der Waals surface area contributed by atoms with Crippen molar-refractivity contribution in [2.75, 3.05) is 23.1 Å². The van der Waals surface area contributed by atoms with Crippen LogP contribution in [-0.4, -0.2) is 40.2 Å². The maximum absolute atomic E-state index is 6.35. The van der Waals surface area contributed by atoms with Crippen LogP contribution in [0.15, 0.2) is 0 Å². The van der Waals surface area contributed by atoms with Gasteiger partial charge < -0.3 is 13.0 Å². The van der Waals surface area contributed by atoms with E-state index in [2.05, 4.69) is 58.3 Å². The Bertz CT molecular complexity index is 192. The fourth-order valence-corrected chi connectivity index (χ4v) is 11.0. The maximum Gasteiger partial charge on any atom is 0.325 e. The molecule has 17 heavy (non-hydrogen) atoms. The molecule has 0 fully saturated rings. The number of alkyl halides is 2. The van der Waals surface area contributed by atoms with Crippen molar-refractivity contribution in [3.05, 3.63) is 0 Å². The highest BCUT2D eigenvalue weighted by Crippen LogP contribution is 2.25. The second kappa shape index (κ2) is 9.64. The summed E-state index contributed by atoms with van der Waals surface area (Å²) in [6.45, 7) is 4.32. The van der Waals surface area contributed by atoms with Crippen LogP contribution in [0.25, 0.3) is 0 Å². The number of hydrogen-bond acceptors (Lipinski definition) is 3. The van der Waals surface area contributed by atoms with E-state index in [4.69, 9.17) is 13.0 Å². The molecule has 0 aromatic carbocycles. The molecule has 0 aliphatic carbocycles. The van der Waals surface area contributed by atoms with Gasteiger partial charge in [-0.25, -0.2) is 0 Å². The van der Waals surface area contributed by atoms with E-state index in [1.54, 1.807) is 14.2 Å². The molecule has 0 amide bonds. The molecule has 0 aliphatic heterocycles. The molecule has 0 N–H and O–H groups in total. The third-order valence-corrected chi connectivity index (χ3v) is 12.1. The predicted octanol–water partition coefficient (Wildman–Crippen LogP) is 4.09. The molecule has 3 nitrogen and oxygen atoms in total. The summed E-state index contributed by atoms with van der Waals surface area (Å²) in [6.07, 6.45) is 2.33. The normalized spacial score (nSPS) is 18.7. The van der Waals surface area contributed by atoms with Gasteiger partial charge in [-0.05, 0) is 46.9 Å². The number of halogens is 2. The summed E-state index contributed by atoms with van der Waals surface area (Å²) in [5.74, 6) is 0. The van der Waals surface area contributed by atoms with Gasteiger partial charge in [-0.15, -0.1) is 0 Å². The summed E-state index contributed by atoms with van der Waals surface area (Å²) < 4.78 is 20.0. The van der Waals surface area contributed by atoms with Crippen LogP contribution in [0, 0.1) is 0 Å². The van der Waals surface area contributed by atoms with Crippen LogP contribution in [0.1, 0.15) is 12.8 Å². The highest BCUT2D eigenvalue weighted by molar-refractivity contribution is 14.1. The zero-order valence-electron chi connectivity index (χ0n) is 11.2. The minimum atomic E-state index is -2.02. The van der Waals surface area contributed by atoms with Crippen molar-refractivity contribution < 1.29 is 13.0 Å². The fraction of sp³-hybridized carbons (Fsp3) is 1.00. The van der Waals surface area contributed by atoms with Gasteiger partial charge in [0.25, 0.3) is 0 Å². The molecule has 0 heterocycles. The van der Waals surface area contributed by atoms with E-state index < -0.39 is 17.1 Å². The van der Waals surface area contributed by atoms with Crippen LogP contribution < -0.4 is 0 Å².